The van der Waals surface area contributed by atoms with Gasteiger partial charge in [-0.25, -0.2) is 8.42 Å². The zero-order valence-corrected chi connectivity index (χ0v) is 15.5. The molecule has 0 atom stereocenters. The number of nitrogens with zero attached hydrogens (tertiary/aromatic N) is 1. The molecular formula is C18H15Cl2NO2S. The number of allylic oxidation sites excluding steroid dienone is 1. The number of sulfone groups is 1. The standard InChI is InChI=1S/C18H15Cl2NO2S/c1-12-3-4-14(7-13(12)2)8-17(10-21)24(22,23)11-15-5-6-16(19)9-18(15)20/h3-9H,11H2,1-2H3. The summed E-state index contributed by atoms with van der Waals surface area (Å²) in [5.41, 5.74) is 3.20. The average Bonchev–Trinajstić information content (AvgIpc) is 2.51. The van der Waals surface area contributed by atoms with Crippen LogP contribution in [0.25, 0.3) is 6.08 Å². The molecule has 0 saturated carbocycles. The lowest BCUT2D eigenvalue weighted by Gasteiger charge is -2.07. The van der Waals surface area contributed by atoms with Crippen molar-refractivity contribution in [3.05, 3.63) is 73.6 Å². The highest BCUT2D eigenvalue weighted by Crippen LogP contribution is 2.25. The summed E-state index contributed by atoms with van der Waals surface area (Å²) in [6, 6.07) is 11.9. The smallest absolute Gasteiger partial charge is 0.192 e. The normalized spacial score (nSPS) is 12.0. The van der Waals surface area contributed by atoms with Crippen molar-refractivity contribution in [2.75, 3.05) is 0 Å². The van der Waals surface area contributed by atoms with Crippen molar-refractivity contribution in [3.63, 3.8) is 0 Å². The van der Waals surface area contributed by atoms with Crippen molar-refractivity contribution in [3.8, 4) is 6.07 Å². The lowest BCUT2D eigenvalue weighted by Crippen LogP contribution is -2.07. The molecule has 0 saturated heterocycles. The van der Waals surface area contributed by atoms with E-state index in [2.05, 4.69) is 0 Å². The maximum absolute atomic E-state index is 12.5. The molecule has 0 heterocycles. The predicted octanol–water partition coefficient (Wildman–Crippen LogP) is 5.09. The molecule has 0 aromatic heterocycles. The van der Waals surface area contributed by atoms with Crippen LogP contribution in [-0.4, -0.2) is 8.42 Å². The molecule has 2 aromatic rings. The van der Waals surface area contributed by atoms with E-state index in [-0.39, 0.29) is 15.7 Å². The second-order valence-corrected chi connectivity index (χ2v) is 8.26. The van der Waals surface area contributed by atoms with Gasteiger partial charge in [-0.3, -0.25) is 0 Å². The van der Waals surface area contributed by atoms with Gasteiger partial charge in [-0.1, -0.05) is 47.5 Å². The first-order valence-corrected chi connectivity index (χ1v) is 9.49. The lowest BCUT2D eigenvalue weighted by atomic mass is 10.1. The van der Waals surface area contributed by atoms with Gasteiger partial charge in [-0.2, -0.15) is 5.26 Å². The van der Waals surface area contributed by atoms with Crippen LogP contribution < -0.4 is 0 Å². The van der Waals surface area contributed by atoms with E-state index >= 15 is 0 Å². The summed E-state index contributed by atoms with van der Waals surface area (Å²) in [5.74, 6) is -0.354. The Morgan fingerprint density at radius 3 is 2.42 bits per heavy atom. The first-order chi connectivity index (χ1) is 11.2. The summed E-state index contributed by atoms with van der Waals surface area (Å²) >= 11 is 11.8. The fraction of sp³-hybridized carbons (Fsp3) is 0.167. The van der Waals surface area contributed by atoms with Gasteiger partial charge in [-0.05, 0) is 54.3 Å². The van der Waals surface area contributed by atoms with Crippen LogP contribution in [0.3, 0.4) is 0 Å². The number of hydrogen-bond donors (Lipinski definition) is 0. The van der Waals surface area contributed by atoms with Crippen LogP contribution in [0.1, 0.15) is 22.3 Å². The van der Waals surface area contributed by atoms with Gasteiger partial charge in [0.1, 0.15) is 11.0 Å². The number of hydrogen-bond acceptors (Lipinski definition) is 3. The van der Waals surface area contributed by atoms with E-state index in [4.69, 9.17) is 23.2 Å². The van der Waals surface area contributed by atoms with E-state index < -0.39 is 9.84 Å². The van der Waals surface area contributed by atoms with Gasteiger partial charge < -0.3 is 0 Å². The highest BCUT2D eigenvalue weighted by Gasteiger charge is 2.20. The minimum absolute atomic E-state index is 0.259. The molecule has 2 aromatic carbocycles. The van der Waals surface area contributed by atoms with Gasteiger partial charge in [-0.15, -0.1) is 0 Å². The highest BCUT2D eigenvalue weighted by molar-refractivity contribution is 7.95. The minimum Gasteiger partial charge on any atom is -0.223 e. The quantitative estimate of drug-likeness (QED) is 0.695. The van der Waals surface area contributed by atoms with Gasteiger partial charge in [0, 0.05) is 10.0 Å². The Morgan fingerprint density at radius 2 is 1.83 bits per heavy atom. The molecular weight excluding hydrogens is 365 g/mol. The van der Waals surface area contributed by atoms with E-state index in [1.54, 1.807) is 24.3 Å². The van der Waals surface area contributed by atoms with Crippen LogP contribution in [-0.2, 0) is 15.6 Å². The van der Waals surface area contributed by atoms with Crippen molar-refractivity contribution in [2.45, 2.75) is 19.6 Å². The highest BCUT2D eigenvalue weighted by atomic mass is 35.5. The molecule has 124 valence electrons. The third-order valence-electron chi connectivity index (χ3n) is 3.63. The van der Waals surface area contributed by atoms with Crippen molar-refractivity contribution in [1.82, 2.24) is 0 Å². The van der Waals surface area contributed by atoms with Crippen molar-refractivity contribution < 1.29 is 8.42 Å². The zero-order chi connectivity index (χ0) is 17.9. The van der Waals surface area contributed by atoms with Crippen LogP contribution in [0, 0.1) is 25.2 Å². The molecule has 0 aliphatic rings. The molecule has 0 N–H and O–H groups in total. The van der Waals surface area contributed by atoms with E-state index in [1.165, 1.54) is 12.1 Å². The second-order valence-electron chi connectivity index (χ2n) is 5.46. The Bertz CT molecular complexity index is 957. The van der Waals surface area contributed by atoms with E-state index in [0.717, 1.165) is 11.1 Å². The Labute approximate surface area is 152 Å². The topological polar surface area (TPSA) is 57.9 Å². The number of halogens is 2. The van der Waals surface area contributed by atoms with E-state index in [9.17, 15) is 13.7 Å². The predicted molar refractivity (Wildman–Crippen MR) is 98.6 cm³/mol. The number of nitriles is 1. The number of rotatable bonds is 4. The third-order valence-corrected chi connectivity index (χ3v) is 5.79. The summed E-state index contributed by atoms with van der Waals surface area (Å²) in [6.07, 6.45) is 1.38. The lowest BCUT2D eigenvalue weighted by molar-refractivity contribution is 0.602. The van der Waals surface area contributed by atoms with Crippen LogP contribution in [0.4, 0.5) is 0 Å². The van der Waals surface area contributed by atoms with Crippen molar-refractivity contribution >= 4 is 39.1 Å². The molecule has 0 radical (unpaired) electrons. The summed E-state index contributed by atoms with van der Waals surface area (Å²) < 4.78 is 25.1. The number of aryl methyl sites for hydroxylation is 2. The third kappa shape index (κ3) is 4.39. The first-order valence-electron chi connectivity index (χ1n) is 7.08. The average molecular weight is 380 g/mol. The second kappa shape index (κ2) is 7.40. The van der Waals surface area contributed by atoms with E-state index in [0.29, 0.717) is 16.1 Å². The van der Waals surface area contributed by atoms with Crippen molar-refractivity contribution in [2.24, 2.45) is 0 Å². The van der Waals surface area contributed by atoms with Crippen LogP contribution in [0.15, 0.2) is 41.3 Å². The Hall–Kier alpha value is -1.80. The summed E-state index contributed by atoms with van der Waals surface area (Å²) in [7, 11) is -3.81. The largest absolute Gasteiger partial charge is 0.223 e. The van der Waals surface area contributed by atoms with Gasteiger partial charge >= 0.3 is 0 Å². The fourth-order valence-corrected chi connectivity index (χ4v) is 3.94. The van der Waals surface area contributed by atoms with Gasteiger partial charge in [0.05, 0.1) is 5.75 Å². The molecule has 0 aliphatic carbocycles. The van der Waals surface area contributed by atoms with Crippen LogP contribution in [0.2, 0.25) is 10.0 Å². The molecule has 0 spiro atoms. The summed E-state index contributed by atoms with van der Waals surface area (Å²) in [5, 5.41) is 9.97. The summed E-state index contributed by atoms with van der Waals surface area (Å²) in [4.78, 5) is -0.295. The van der Waals surface area contributed by atoms with Crippen LogP contribution in [0.5, 0.6) is 0 Å². The zero-order valence-electron chi connectivity index (χ0n) is 13.2. The van der Waals surface area contributed by atoms with E-state index in [1.807, 2.05) is 26.0 Å². The first kappa shape index (κ1) is 18.5. The Balaban J connectivity index is 2.39. The summed E-state index contributed by atoms with van der Waals surface area (Å²) in [6.45, 7) is 3.90. The van der Waals surface area contributed by atoms with Gasteiger partial charge in [0.25, 0.3) is 0 Å². The molecule has 0 unspecified atom stereocenters. The maximum Gasteiger partial charge on any atom is 0.192 e. The SMILES string of the molecule is Cc1ccc(C=C(C#N)S(=O)(=O)Cc2ccc(Cl)cc2Cl)cc1C. The number of benzene rings is 2. The van der Waals surface area contributed by atoms with Gasteiger partial charge in [0.15, 0.2) is 9.84 Å². The molecule has 0 fully saturated rings. The monoisotopic (exact) mass is 379 g/mol. The van der Waals surface area contributed by atoms with Crippen molar-refractivity contribution in [1.29, 1.82) is 5.26 Å². The molecule has 3 nitrogen and oxygen atoms in total. The Morgan fingerprint density at radius 1 is 1.12 bits per heavy atom. The molecule has 2 rings (SSSR count). The molecule has 24 heavy (non-hydrogen) atoms. The van der Waals surface area contributed by atoms with Gasteiger partial charge in [0.2, 0.25) is 0 Å². The fourth-order valence-electron chi connectivity index (χ4n) is 2.12. The van der Waals surface area contributed by atoms with Crippen LogP contribution >= 0.6 is 23.2 Å². The molecule has 6 heteroatoms. The Kier molecular flexibility index (Phi) is 5.71. The molecule has 0 aliphatic heterocycles. The molecule has 0 bridgehead atoms. The maximum atomic E-state index is 12.5. The molecule has 0 amide bonds. The minimum atomic E-state index is -3.81.